The van der Waals surface area contributed by atoms with Crippen LogP contribution in [0.1, 0.15) is 26.3 Å². The summed E-state index contributed by atoms with van der Waals surface area (Å²) in [4.78, 5) is 24.8. The minimum absolute atomic E-state index is 0.201. The van der Waals surface area contributed by atoms with E-state index in [0.29, 0.717) is 6.42 Å². The van der Waals surface area contributed by atoms with E-state index in [1.807, 2.05) is 30.3 Å². The fourth-order valence-corrected chi connectivity index (χ4v) is 2.03. The van der Waals surface area contributed by atoms with Crippen molar-refractivity contribution in [3.63, 3.8) is 0 Å². The van der Waals surface area contributed by atoms with Gasteiger partial charge in [0.1, 0.15) is 12.2 Å². The van der Waals surface area contributed by atoms with Crippen molar-refractivity contribution < 1.29 is 19.1 Å². The topological polar surface area (TPSA) is 55.8 Å². The Labute approximate surface area is 118 Å². The van der Waals surface area contributed by atoms with E-state index in [9.17, 15) is 9.59 Å². The zero-order valence-electron chi connectivity index (χ0n) is 12.0. The number of rotatable bonds is 2. The van der Waals surface area contributed by atoms with Gasteiger partial charge in [0.15, 0.2) is 0 Å². The van der Waals surface area contributed by atoms with Crippen molar-refractivity contribution in [1.82, 2.24) is 4.90 Å². The van der Waals surface area contributed by atoms with Crippen LogP contribution in [-0.4, -0.2) is 35.3 Å². The minimum atomic E-state index is -0.652. The number of carbonyl (C=O) groups is 2. The fourth-order valence-electron chi connectivity index (χ4n) is 2.03. The molecular weight excluding hydrogens is 258 g/mol. The van der Waals surface area contributed by atoms with Gasteiger partial charge in [-0.05, 0) is 32.8 Å². The molecule has 0 unspecified atom stereocenters. The standard InChI is InChI=1S/C15H19NO4/c1-15(2,3)20-14(18)16-12(10-19-13(16)17)9-11-7-5-4-6-8-11/h4-8,12H,9-10H2,1-3H3/t12-/m0/s1. The Morgan fingerprint density at radius 1 is 1.35 bits per heavy atom. The van der Waals surface area contributed by atoms with Crippen LogP contribution in [0.15, 0.2) is 30.3 Å². The van der Waals surface area contributed by atoms with Crippen LogP contribution >= 0.6 is 0 Å². The summed E-state index contributed by atoms with van der Waals surface area (Å²) in [5.74, 6) is 0. The number of benzene rings is 1. The smallest absolute Gasteiger partial charge is 0.420 e. The third-order valence-corrected chi connectivity index (χ3v) is 2.87. The predicted octanol–water partition coefficient (Wildman–Crippen LogP) is 2.99. The highest BCUT2D eigenvalue weighted by atomic mass is 16.6. The molecule has 1 saturated heterocycles. The van der Waals surface area contributed by atoms with Crippen molar-refractivity contribution >= 4 is 12.2 Å². The van der Waals surface area contributed by atoms with Crippen molar-refractivity contribution in [3.05, 3.63) is 35.9 Å². The number of amides is 2. The van der Waals surface area contributed by atoms with Gasteiger partial charge in [-0.3, -0.25) is 0 Å². The van der Waals surface area contributed by atoms with Crippen molar-refractivity contribution in [2.45, 2.75) is 38.8 Å². The average Bonchev–Trinajstić information content (AvgIpc) is 2.69. The summed E-state index contributed by atoms with van der Waals surface area (Å²) in [5, 5.41) is 0. The van der Waals surface area contributed by atoms with Crippen molar-refractivity contribution in [2.75, 3.05) is 6.61 Å². The quantitative estimate of drug-likeness (QED) is 0.834. The second kappa shape index (κ2) is 5.53. The highest BCUT2D eigenvalue weighted by molar-refractivity contribution is 5.89. The fraction of sp³-hybridized carbons (Fsp3) is 0.467. The molecule has 1 aliphatic rings. The molecule has 2 rings (SSSR count). The Balaban J connectivity index is 2.09. The van der Waals surface area contributed by atoms with Crippen LogP contribution in [0.3, 0.4) is 0 Å². The van der Waals surface area contributed by atoms with Gasteiger partial charge in [-0.25, -0.2) is 14.5 Å². The van der Waals surface area contributed by atoms with Crippen LogP contribution in [0.2, 0.25) is 0 Å². The molecule has 5 heteroatoms. The van der Waals surface area contributed by atoms with Gasteiger partial charge in [0.05, 0.1) is 6.04 Å². The summed E-state index contributed by atoms with van der Waals surface area (Å²) in [6.45, 7) is 5.49. The molecule has 0 radical (unpaired) electrons. The highest BCUT2D eigenvalue weighted by Gasteiger charge is 2.40. The lowest BCUT2D eigenvalue weighted by Crippen LogP contribution is -2.43. The SMILES string of the molecule is CC(C)(C)OC(=O)N1C(=O)OC[C@@H]1Cc1ccccc1. The van der Waals surface area contributed by atoms with Crippen LogP contribution < -0.4 is 0 Å². The van der Waals surface area contributed by atoms with Gasteiger partial charge in [0.2, 0.25) is 0 Å². The first-order valence-electron chi connectivity index (χ1n) is 6.60. The maximum atomic E-state index is 12.1. The first kappa shape index (κ1) is 14.4. The van der Waals surface area contributed by atoms with Crippen molar-refractivity contribution in [2.24, 2.45) is 0 Å². The molecule has 20 heavy (non-hydrogen) atoms. The van der Waals surface area contributed by atoms with Gasteiger partial charge >= 0.3 is 12.2 Å². The Bertz CT molecular complexity index is 492. The monoisotopic (exact) mass is 277 g/mol. The van der Waals surface area contributed by atoms with Gasteiger partial charge in [-0.15, -0.1) is 0 Å². The van der Waals surface area contributed by atoms with Gasteiger partial charge in [-0.1, -0.05) is 30.3 Å². The van der Waals surface area contributed by atoms with Crippen molar-refractivity contribution in [1.29, 1.82) is 0 Å². The van der Waals surface area contributed by atoms with Crippen LogP contribution in [0.4, 0.5) is 9.59 Å². The molecule has 1 fully saturated rings. The Hall–Kier alpha value is -2.04. The van der Waals surface area contributed by atoms with E-state index in [-0.39, 0.29) is 12.6 Å². The Kier molecular flexibility index (Phi) is 3.97. The van der Waals surface area contributed by atoms with E-state index in [0.717, 1.165) is 10.5 Å². The van der Waals surface area contributed by atoms with Gasteiger partial charge in [0, 0.05) is 0 Å². The number of hydrogen-bond donors (Lipinski definition) is 0. The largest absolute Gasteiger partial charge is 0.447 e. The third-order valence-electron chi connectivity index (χ3n) is 2.87. The molecule has 0 bridgehead atoms. The van der Waals surface area contributed by atoms with Crippen LogP contribution in [-0.2, 0) is 15.9 Å². The van der Waals surface area contributed by atoms with E-state index >= 15 is 0 Å². The summed E-state index contributed by atoms with van der Waals surface area (Å²) in [7, 11) is 0. The molecule has 108 valence electrons. The van der Waals surface area contributed by atoms with E-state index in [1.54, 1.807) is 20.8 Å². The molecular formula is C15H19NO4. The normalized spacial score (nSPS) is 18.9. The summed E-state index contributed by atoms with van der Waals surface area (Å²) in [6, 6.07) is 9.35. The van der Waals surface area contributed by atoms with Crippen LogP contribution in [0.25, 0.3) is 0 Å². The highest BCUT2D eigenvalue weighted by Crippen LogP contribution is 2.20. The summed E-state index contributed by atoms with van der Waals surface area (Å²) < 4.78 is 10.2. The summed E-state index contributed by atoms with van der Waals surface area (Å²) in [5.41, 5.74) is 0.404. The number of cyclic esters (lactones) is 1. The zero-order valence-corrected chi connectivity index (χ0v) is 12.0. The first-order valence-corrected chi connectivity index (χ1v) is 6.60. The summed E-state index contributed by atoms with van der Waals surface area (Å²) in [6.07, 6.45) is -0.729. The van der Waals surface area contributed by atoms with E-state index in [4.69, 9.17) is 9.47 Å². The van der Waals surface area contributed by atoms with Gasteiger partial charge in [0.25, 0.3) is 0 Å². The molecule has 2 amide bonds. The van der Waals surface area contributed by atoms with Gasteiger partial charge < -0.3 is 9.47 Å². The third kappa shape index (κ3) is 3.50. The number of imide groups is 1. The second-order valence-electron chi connectivity index (χ2n) is 5.77. The molecule has 1 aliphatic heterocycles. The number of carbonyl (C=O) groups excluding carboxylic acids is 2. The molecule has 0 N–H and O–H groups in total. The lowest BCUT2D eigenvalue weighted by molar-refractivity contribution is 0.0292. The van der Waals surface area contributed by atoms with E-state index in [2.05, 4.69) is 0 Å². The van der Waals surface area contributed by atoms with E-state index < -0.39 is 17.8 Å². The van der Waals surface area contributed by atoms with E-state index in [1.165, 1.54) is 0 Å². The molecule has 0 aliphatic carbocycles. The maximum Gasteiger partial charge on any atom is 0.420 e. The number of ether oxygens (including phenoxy) is 2. The first-order chi connectivity index (χ1) is 9.37. The summed E-state index contributed by atoms with van der Waals surface area (Å²) >= 11 is 0. The molecule has 0 spiro atoms. The Morgan fingerprint density at radius 3 is 2.60 bits per heavy atom. The van der Waals surface area contributed by atoms with Crippen LogP contribution in [0, 0.1) is 0 Å². The van der Waals surface area contributed by atoms with Gasteiger partial charge in [-0.2, -0.15) is 0 Å². The van der Waals surface area contributed by atoms with Crippen LogP contribution in [0.5, 0.6) is 0 Å². The number of hydrogen-bond acceptors (Lipinski definition) is 4. The molecule has 1 heterocycles. The maximum absolute atomic E-state index is 12.1. The number of nitrogens with zero attached hydrogens (tertiary/aromatic N) is 1. The zero-order chi connectivity index (χ0) is 14.8. The minimum Gasteiger partial charge on any atom is -0.447 e. The van der Waals surface area contributed by atoms with Crippen molar-refractivity contribution in [3.8, 4) is 0 Å². The molecule has 1 aromatic carbocycles. The second-order valence-corrected chi connectivity index (χ2v) is 5.77. The molecule has 0 saturated carbocycles. The Morgan fingerprint density at radius 2 is 2.00 bits per heavy atom. The predicted molar refractivity (Wildman–Crippen MR) is 73.4 cm³/mol. The molecule has 0 aromatic heterocycles. The lowest BCUT2D eigenvalue weighted by atomic mass is 10.1. The molecule has 1 aromatic rings. The molecule has 5 nitrogen and oxygen atoms in total. The lowest BCUT2D eigenvalue weighted by Gasteiger charge is -2.25. The average molecular weight is 277 g/mol. The molecule has 1 atom stereocenters.